The Kier molecular flexibility index (Phi) is 7.25. The summed E-state index contributed by atoms with van der Waals surface area (Å²) < 4.78 is 15.1. The molecule has 2 aromatic carbocycles. The molecule has 0 radical (unpaired) electrons. The Morgan fingerprint density at radius 3 is 2.37 bits per heavy atom. The molecule has 0 saturated carbocycles. The predicted octanol–water partition coefficient (Wildman–Crippen LogP) is 2.49. The number of benzene rings is 2. The topological polar surface area (TPSA) is 85.9 Å². The van der Waals surface area contributed by atoms with Crippen LogP contribution >= 0.6 is 0 Å². The van der Waals surface area contributed by atoms with Crippen molar-refractivity contribution >= 4 is 17.6 Å². The quantitative estimate of drug-likeness (QED) is 0.548. The van der Waals surface area contributed by atoms with Crippen molar-refractivity contribution in [2.45, 2.75) is 6.54 Å². The van der Waals surface area contributed by atoms with Crippen molar-refractivity contribution in [2.24, 2.45) is 0 Å². The van der Waals surface area contributed by atoms with Gasteiger partial charge in [-0.1, -0.05) is 30.3 Å². The number of nitrogens with one attached hydrogen (secondary N) is 2. The maximum atomic E-state index is 12.6. The van der Waals surface area contributed by atoms with E-state index in [0.29, 0.717) is 23.7 Å². The van der Waals surface area contributed by atoms with E-state index < -0.39 is 11.9 Å². The van der Waals surface area contributed by atoms with Crippen LogP contribution in [0.4, 0.5) is 5.69 Å². The van der Waals surface area contributed by atoms with Crippen LogP contribution < -0.4 is 20.1 Å². The minimum Gasteiger partial charge on any atom is -0.497 e. The van der Waals surface area contributed by atoms with E-state index in [0.717, 1.165) is 11.6 Å². The van der Waals surface area contributed by atoms with Crippen LogP contribution in [0.15, 0.2) is 60.3 Å². The molecule has 7 nitrogen and oxygen atoms in total. The Morgan fingerprint density at radius 2 is 1.74 bits per heavy atom. The van der Waals surface area contributed by atoms with Crippen molar-refractivity contribution in [2.75, 3.05) is 26.6 Å². The van der Waals surface area contributed by atoms with E-state index >= 15 is 0 Å². The molecule has 0 bridgehead atoms. The lowest BCUT2D eigenvalue weighted by molar-refractivity contribution is -0.135. The molecule has 0 fully saturated rings. The van der Waals surface area contributed by atoms with Crippen LogP contribution in [0.1, 0.15) is 5.56 Å². The van der Waals surface area contributed by atoms with E-state index in [4.69, 9.17) is 9.47 Å². The molecule has 2 N–H and O–H groups in total. The molecule has 27 heavy (non-hydrogen) atoms. The lowest BCUT2D eigenvalue weighted by Crippen LogP contribution is -2.28. The number of rotatable bonds is 8. The molecular weight excluding hydrogens is 348 g/mol. The van der Waals surface area contributed by atoms with Gasteiger partial charge in [-0.2, -0.15) is 0 Å². The second kappa shape index (κ2) is 9.86. The number of esters is 1. The van der Waals surface area contributed by atoms with Crippen LogP contribution in [0.25, 0.3) is 0 Å². The molecule has 7 heteroatoms. The highest BCUT2D eigenvalue weighted by Gasteiger charge is 2.15. The van der Waals surface area contributed by atoms with Gasteiger partial charge in [0.2, 0.25) is 0 Å². The molecule has 142 valence electrons. The third-order valence-corrected chi connectivity index (χ3v) is 3.68. The average Bonchev–Trinajstić information content (AvgIpc) is 2.71. The summed E-state index contributed by atoms with van der Waals surface area (Å²) in [4.78, 5) is 24.3. The number of amides is 1. The molecule has 0 saturated heterocycles. The van der Waals surface area contributed by atoms with Gasteiger partial charge in [-0.15, -0.1) is 0 Å². The maximum absolute atomic E-state index is 12.6. The summed E-state index contributed by atoms with van der Waals surface area (Å²) in [6, 6.07) is 14.5. The Bertz CT molecular complexity index is 818. The number of ether oxygens (including phenoxy) is 3. The molecule has 1 amide bonds. The second-order valence-corrected chi connectivity index (χ2v) is 5.44. The fraction of sp³-hybridized carbons (Fsp3) is 0.200. The van der Waals surface area contributed by atoms with E-state index in [1.807, 2.05) is 30.3 Å². The van der Waals surface area contributed by atoms with Crippen LogP contribution in [0.5, 0.6) is 11.5 Å². The molecular formula is C20H22N2O5. The van der Waals surface area contributed by atoms with Crippen LogP contribution in [-0.4, -0.2) is 33.2 Å². The number of carbonyl (C=O) groups is 2. The smallest absolute Gasteiger partial charge is 0.332 e. The van der Waals surface area contributed by atoms with Gasteiger partial charge < -0.3 is 24.8 Å². The van der Waals surface area contributed by atoms with Gasteiger partial charge >= 0.3 is 5.97 Å². The summed E-state index contributed by atoms with van der Waals surface area (Å²) in [5.74, 6) is -0.0637. The Labute approximate surface area is 157 Å². The Morgan fingerprint density at radius 1 is 1.00 bits per heavy atom. The fourth-order valence-electron chi connectivity index (χ4n) is 2.27. The van der Waals surface area contributed by atoms with E-state index in [9.17, 15) is 9.59 Å². The molecule has 0 aliphatic rings. The molecule has 0 heterocycles. The molecule has 0 aliphatic carbocycles. The van der Waals surface area contributed by atoms with E-state index in [2.05, 4.69) is 15.4 Å². The molecule has 0 spiro atoms. The molecule has 2 aromatic rings. The number of carbonyl (C=O) groups excluding carboxylic acids is 2. The van der Waals surface area contributed by atoms with Gasteiger partial charge in [-0.3, -0.25) is 4.79 Å². The number of methoxy groups -OCH3 is 3. The van der Waals surface area contributed by atoms with E-state index in [1.165, 1.54) is 21.3 Å². The third-order valence-electron chi connectivity index (χ3n) is 3.68. The lowest BCUT2D eigenvalue weighted by Gasteiger charge is -2.15. The minimum absolute atomic E-state index is 0.0179. The Hall–Kier alpha value is -3.48. The second-order valence-electron chi connectivity index (χ2n) is 5.44. The van der Waals surface area contributed by atoms with Crippen LogP contribution in [0.2, 0.25) is 0 Å². The van der Waals surface area contributed by atoms with Crippen molar-refractivity contribution in [1.29, 1.82) is 0 Å². The van der Waals surface area contributed by atoms with Crippen molar-refractivity contribution in [1.82, 2.24) is 5.32 Å². The first-order valence-electron chi connectivity index (χ1n) is 8.18. The van der Waals surface area contributed by atoms with E-state index in [-0.39, 0.29) is 5.70 Å². The minimum atomic E-state index is -0.658. The molecule has 0 aromatic heterocycles. The van der Waals surface area contributed by atoms with Gasteiger partial charge in [0, 0.05) is 12.6 Å². The summed E-state index contributed by atoms with van der Waals surface area (Å²) >= 11 is 0. The summed E-state index contributed by atoms with van der Waals surface area (Å²) in [7, 11) is 4.28. The van der Waals surface area contributed by atoms with Gasteiger partial charge in [-0.25, -0.2) is 4.79 Å². The first kappa shape index (κ1) is 19.8. The van der Waals surface area contributed by atoms with Gasteiger partial charge in [0.15, 0.2) is 0 Å². The fourth-order valence-corrected chi connectivity index (χ4v) is 2.27. The lowest BCUT2D eigenvalue weighted by atomic mass is 10.2. The number of hydrogen-bond donors (Lipinski definition) is 2. The van der Waals surface area contributed by atoms with Crippen molar-refractivity contribution < 1.29 is 23.8 Å². The summed E-state index contributed by atoms with van der Waals surface area (Å²) in [5.41, 5.74) is 1.42. The van der Waals surface area contributed by atoms with Crippen molar-refractivity contribution in [3.8, 4) is 11.5 Å². The SMILES string of the molecule is COC(=O)/C=C(\Nc1cc(OC)ccc1OC)C(=O)NCc1ccccc1. The van der Waals surface area contributed by atoms with Gasteiger partial charge in [-0.05, 0) is 17.7 Å². The Balaban J connectivity index is 2.23. The zero-order valence-corrected chi connectivity index (χ0v) is 15.4. The van der Waals surface area contributed by atoms with Crippen LogP contribution in [0.3, 0.4) is 0 Å². The van der Waals surface area contributed by atoms with Crippen LogP contribution in [0, 0.1) is 0 Å². The predicted molar refractivity (Wildman–Crippen MR) is 102 cm³/mol. The molecule has 0 atom stereocenters. The highest BCUT2D eigenvalue weighted by atomic mass is 16.5. The first-order chi connectivity index (χ1) is 13.1. The zero-order valence-electron chi connectivity index (χ0n) is 15.4. The summed E-state index contributed by atoms with van der Waals surface area (Å²) in [5, 5.41) is 5.68. The van der Waals surface area contributed by atoms with Gasteiger partial charge in [0.05, 0.1) is 33.1 Å². The third kappa shape index (κ3) is 5.78. The monoisotopic (exact) mass is 370 g/mol. The van der Waals surface area contributed by atoms with Gasteiger partial charge in [0.1, 0.15) is 17.2 Å². The molecule has 0 aliphatic heterocycles. The number of anilines is 1. The standard InChI is InChI=1S/C20H22N2O5/c1-25-15-9-10-18(26-2)16(11-15)22-17(12-19(23)27-3)20(24)21-13-14-7-5-4-6-8-14/h4-12,22H,13H2,1-3H3,(H,21,24)/b17-12-. The average molecular weight is 370 g/mol. The summed E-state index contributed by atoms with van der Waals surface area (Å²) in [6.45, 7) is 0.315. The van der Waals surface area contributed by atoms with Gasteiger partial charge in [0.25, 0.3) is 5.91 Å². The van der Waals surface area contributed by atoms with Crippen molar-refractivity contribution in [3.05, 3.63) is 65.9 Å². The number of hydrogen-bond acceptors (Lipinski definition) is 6. The highest BCUT2D eigenvalue weighted by Crippen LogP contribution is 2.30. The van der Waals surface area contributed by atoms with Crippen LogP contribution in [-0.2, 0) is 20.9 Å². The first-order valence-corrected chi connectivity index (χ1v) is 8.18. The molecule has 2 rings (SSSR count). The zero-order chi connectivity index (χ0) is 19.6. The summed E-state index contributed by atoms with van der Waals surface area (Å²) in [6.07, 6.45) is 1.08. The van der Waals surface area contributed by atoms with E-state index in [1.54, 1.807) is 18.2 Å². The molecule has 0 unspecified atom stereocenters. The maximum Gasteiger partial charge on any atom is 0.332 e. The highest BCUT2D eigenvalue weighted by molar-refractivity contribution is 6.02. The largest absolute Gasteiger partial charge is 0.497 e. The van der Waals surface area contributed by atoms with Crippen molar-refractivity contribution in [3.63, 3.8) is 0 Å². The normalized spacial score (nSPS) is 10.7.